The monoisotopic (exact) mass is 378 g/mol. The van der Waals surface area contributed by atoms with Gasteiger partial charge in [0.1, 0.15) is 11.4 Å². The molecule has 2 fully saturated rings. The summed E-state index contributed by atoms with van der Waals surface area (Å²) in [6, 6.07) is 2.08. The van der Waals surface area contributed by atoms with Crippen LogP contribution in [0.2, 0.25) is 0 Å². The molecule has 2 aliphatic rings. The molecule has 152 valence electrons. The third kappa shape index (κ3) is 5.58. The van der Waals surface area contributed by atoms with Gasteiger partial charge < -0.3 is 19.1 Å². The zero-order valence-electron chi connectivity index (χ0n) is 17.8. The standard InChI is InChI=1S/C19H28N2O4.C2H6/c1-12-8-15(14-9-21(10-14)18(22)25-19(2,3)4)20-16(13-6-7-13)17(12)24-11-23-5;1-2/h8,13-14H,6-7,9-11H2,1-5H3;1-2H3. The summed E-state index contributed by atoms with van der Waals surface area (Å²) >= 11 is 0. The summed E-state index contributed by atoms with van der Waals surface area (Å²) in [4.78, 5) is 18.7. The molecule has 6 heteroatoms. The molecular formula is C21H34N2O4. The maximum atomic E-state index is 12.1. The van der Waals surface area contributed by atoms with Gasteiger partial charge in [0.05, 0.1) is 5.69 Å². The van der Waals surface area contributed by atoms with Gasteiger partial charge in [0.2, 0.25) is 0 Å². The van der Waals surface area contributed by atoms with Gasteiger partial charge in [-0.05, 0) is 52.2 Å². The molecule has 0 N–H and O–H groups in total. The van der Waals surface area contributed by atoms with E-state index >= 15 is 0 Å². The molecule has 1 saturated heterocycles. The number of hydrogen-bond donors (Lipinski definition) is 0. The number of hydrogen-bond acceptors (Lipinski definition) is 5. The number of methoxy groups -OCH3 is 1. The second-order valence-corrected chi connectivity index (χ2v) is 7.99. The minimum Gasteiger partial charge on any atom is -0.465 e. The molecule has 27 heavy (non-hydrogen) atoms. The summed E-state index contributed by atoms with van der Waals surface area (Å²) < 4.78 is 16.2. The van der Waals surface area contributed by atoms with Crippen LogP contribution in [0.4, 0.5) is 4.79 Å². The van der Waals surface area contributed by atoms with Gasteiger partial charge in [-0.25, -0.2) is 4.79 Å². The number of ether oxygens (including phenoxy) is 3. The van der Waals surface area contributed by atoms with E-state index < -0.39 is 5.60 Å². The van der Waals surface area contributed by atoms with Crippen molar-refractivity contribution in [3.63, 3.8) is 0 Å². The minimum absolute atomic E-state index is 0.234. The maximum absolute atomic E-state index is 12.1. The Morgan fingerprint density at radius 2 is 1.85 bits per heavy atom. The topological polar surface area (TPSA) is 60.9 Å². The van der Waals surface area contributed by atoms with Crippen molar-refractivity contribution in [2.75, 3.05) is 27.0 Å². The second-order valence-electron chi connectivity index (χ2n) is 7.99. The van der Waals surface area contributed by atoms with Crippen molar-refractivity contribution in [3.05, 3.63) is 23.0 Å². The SMILES string of the molecule is CC.COCOc1c(C)cc(C2CN(C(=O)OC(C)(C)C)C2)nc1C1CC1. The van der Waals surface area contributed by atoms with E-state index in [0.29, 0.717) is 19.0 Å². The predicted molar refractivity (Wildman–Crippen MR) is 105 cm³/mol. The maximum Gasteiger partial charge on any atom is 0.410 e. The average molecular weight is 379 g/mol. The highest BCUT2D eigenvalue weighted by molar-refractivity contribution is 5.69. The zero-order valence-corrected chi connectivity index (χ0v) is 17.8. The Balaban J connectivity index is 0.00000126. The Labute approximate surface area is 163 Å². The van der Waals surface area contributed by atoms with Crippen LogP contribution in [0.5, 0.6) is 5.75 Å². The fourth-order valence-electron chi connectivity index (χ4n) is 3.00. The lowest BCUT2D eigenvalue weighted by Gasteiger charge is -2.39. The Hall–Kier alpha value is -1.82. The van der Waals surface area contributed by atoms with Crippen molar-refractivity contribution in [2.24, 2.45) is 0 Å². The number of nitrogens with zero attached hydrogens (tertiary/aromatic N) is 2. The van der Waals surface area contributed by atoms with Crippen LogP contribution in [-0.4, -0.2) is 48.6 Å². The van der Waals surface area contributed by atoms with Gasteiger partial charge >= 0.3 is 6.09 Å². The molecule has 0 aromatic carbocycles. The molecule has 0 unspecified atom stereocenters. The van der Waals surface area contributed by atoms with Crippen LogP contribution in [0.1, 0.15) is 76.2 Å². The van der Waals surface area contributed by atoms with Crippen molar-refractivity contribution in [3.8, 4) is 5.75 Å². The molecule has 1 aromatic heterocycles. The van der Waals surface area contributed by atoms with Gasteiger partial charge in [0.25, 0.3) is 0 Å². The quantitative estimate of drug-likeness (QED) is 0.700. The van der Waals surface area contributed by atoms with Gasteiger partial charge in [-0.3, -0.25) is 4.98 Å². The largest absolute Gasteiger partial charge is 0.465 e. The minimum atomic E-state index is -0.462. The number of amides is 1. The van der Waals surface area contributed by atoms with Crippen LogP contribution in [0.15, 0.2) is 6.07 Å². The van der Waals surface area contributed by atoms with E-state index in [-0.39, 0.29) is 18.8 Å². The molecule has 1 aliphatic heterocycles. The van der Waals surface area contributed by atoms with E-state index in [1.165, 1.54) is 0 Å². The molecule has 1 aromatic rings. The number of carbonyl (C=O) groups is 1. The molecule has 0 atom stereocenters. The van der Waals surface area contributed by atoms with E-state index in [4.69, 9.17) is 19.2 Å². The number of aryl methyl sites for hydroxylation is 1. The molecule has 1 aliphatic carbocycles. The van der Waals surface area contributed by atoms with Gasteiger partial charge in [0.15, 0.2) is 6.79 Å². The molecule has 1 saturated carbocycles. The van der Waals surface area contributed by atoms with E-state index in [0.717, 1.165) is 35.5 Å². The van der Waals surface area contributed by atoms with Crippen LogP contribution in [0, 0.1) is 6.92 Å². The summed E-state index contributed by atoms with van der Waals surface area (Å²) in [7, 11) is 1.62. The van der Waals surface area contributed by atoms with Crippen molar-refractivity contribution in [1.29, 1.82) is 0 Å². The van der Waals surface area contributed by atoms with Gasteiger partial charge in [-0.2, -0.15) is 0 Å². The lowest BCUT2D eigenvalue weighted by molar-refractivity contribution is 0.00780. The number of pyridine rings is 1. The number of aromatic nitrogens is 1. The Bertz CT molecular complexity index is 644. The molecular weight excluding hydrogens is 344 g/mol. The lowest BCUT2D eigenvalue weighted by atomic mass is 9.94. The normalized spacial score (nSPS) is 16.9. The first-order chi connectivity index (χ1) is 12.8. The summed E-state index contributed by atoms with van der Waals surface area (Å²) in [5.74, 6) is 1.61. The van der Waals surface area contributed by atoms with Crippen LogP contribution >= 0.6 is 0 Å². The van der Waals surface area contributed by atoms with Crippen molar-refractivity contribution < 1.29 is 19.0 Å². The first-order valence-electron chi connectivity index (χ1n) is 9.89. The van der Waals surface area contributed by atoms with Crippen LogP contribution in [0.25, 0.3) is 0 Å². The zero-order chi connectivity index (χ0) is 20.2. The second kappa shape index (κ2) is 8.91. The first kappa shape index (κ1) is 21.5. The van der Waals surface area contributed by atoms with Crippen LogP contribution < -0.4 is 4.74 Å². The molecule has 3 rings (SSSR count). The highest BCUT2D eigenvalue weighted by Crippen LogP contribution is 2.45. The molecule has 1 amide bonds. The summed E-state index contributed by atoms with van der Waals surface area (Å²) in [5, 5.41) is 0. The third-order valence-corrected chi connectivity index (χ3v) is 4.44. The fourth-order valence-corrected chi connectivity index (χ4v) is 3.00. The summed E-state index contributed by atoms with van der Waals surface area (Å²) in [5.41, 5.74) is 2.71. The number of likely N-dealkylation sites (tertiary alicyclic amines) is 1. The number of carbonyl (C=O) groups excluding carboxylic acids is 1. The molecule has 0 radical (unpaired) electrons. The van der Waals surface area contributed by atoms with Crippen molar-refractivity contribution >= 4 is 6.09 Å². The number of rotatable bonds is 5. The summed E-state index contributed by atoms with van der Waals surface area (Å²) in [6.07, 6.45) is 2.07. The van der Waals surface area contributed by atoms with E-state index in [1.807, 2.05) is 41.5 Å². The Kier molecular flexibility index (Phi) is 7.09. The van der Waals surface area contributed by atoms with E-state index in [2.05, 4.69) is 6.07 Å². The third-order valence-electron chi connectivity index (χ3n) is 4.44. The average Bonchev–Trinajstić information content (AvgIpc) is 3.37. The highest BCUT2D eigenvalue weighted by atomic mass is 16.7. The first-order valence-corrected chi connectivity index (χ1v) is 9.89. The van der Waals surface area contributed by atoms with Crippen molar-refractivity contribution in [1.82, 2.24) is 9.88 Å². The van der Waals surface area contributed by atoms with Gasteiger partial charge in [0, 0.05) is 37.7 Å². The van der Waals surface area contributed by atoms with Crippen molar-refractivity contribution in [2.45, 2.75) is 71.8 Å². The molecule has 6 nitrogen and oxygen atoms in total. The smallest absolute Gasteiger partial charge is 0.410 e. The summed E-state index contributed by atoms with van der Waals surface area (Å²) in [6.45, 7) is 13.2. The van der Waals surface area contributed by atoms with Crippen LogP contribution in [0.3, 0.4) is 0 Å². The molecule has 0 bridgehead atoms. The van der Waals surface area contributed by atoms with Crippen LogP contribution in [-0.2, 0) is 9.47 Å². The van der Waals surface area contributed by atoms with Gasteiger partial charge in [-0.1, -0.05) is 13.8 Å². The molecule has 0 spiro atoms. The van der Waals surface area contributed by atoms with E-state index in [1.54, 1.807) is 12.0 Å². The Morgan fingerprint density at radius 1 is 1.22 bits per heavy atom. The molecule has 2 heterocycles. The Morgan fingerprint density at radius 3 is 2.37 bits per heavy atom. The predicted octanol–water partition coefficient (Wildman–Crippen LogP) is 4.61. The van der Waals surface area contributed by atoms with E-state index in [9.17, 15) is 4.79 Å². The van der Waals surface area contributed by atoms with Gasteiger partial charge in [-0.15, -0.1) is 0 Å². The highest BCUT2D eigenvalue weighted by Gasteiger charge is 2.37. The fraction of sp³-hybridized carbons (Fsp3) is 0.714. The lowest BCUT2D eigenvalue weighted by Crippen LogP contribution is -2.50.